The number of carbonyl (C=O) groups excluding carboxylic acids is 2. The topological polar surface area (TPSA) is 93.2 Å². The fourth-order valence-corrected chi connectivity index (χ4v) is 2.73. The Hall–Kier alpha value is -3.33. The lowest BCUT2D eigenvalue weighted by atomic mass is 10.3. The van der Waals surface area contributed by atoms with E-state index in [9.17, 15) is 14.0 Å². The van der Waals surface area contributed by atoms with Gasteiger partial charge in [0.25, 0.3) is 11.8 Å². The van der Waals surface area contributed by atoms with Crippen LogP contribution >= 0.6 is 11.3 Å². The third kappa shape index (κ3) is 5.58. The van der Waals surface area contributed by atoms with Gasteiger partial charge >= 0.3 is 0 Å². The molecule has 2 N–H and O–H groups in total. The lowest BCUT2D eigenvalue weighted by Gasteiger charge is -2.05. The van der Waals surface area contributed by atoms with E-state index in [1.54, 1.807) is 18.2 Å². The van der Waals surface area contributed by atoms with Crippen LogP contribution < -0.4 is 15.4 Å². The minimum Gasteiger partial charge on any atom is -0.484 e. The molecule has 0 saturated carbocycles. The smallest absolute Gasteiger partial charge is 0.286 e. The van der Waals surface area contributed by atoms with Crippen LogP contribution in [0.5, 0.6) is 5.75 Å². The van der Waals surface area contributed by atoms with E-state index in [1.807, 2.05) is 18.2 Å². The van der Waals surface area contributed by atoms with Crippen molar-refractivity contribution in [2.45, 2.75) is 6.54 Å². The molecule has 0 saturated heterocycles. The average Bonchev–Trinajstić information content (AvgIpc) is 3.15. The SMILES string of the molecule is O=C(COc1ccccc1)NCc1nnc(C(=O)Nc2cccc(F)c2)s1. The third-order valence-electron chi connectivity index (χ3n) is 3.29. The molecule has 138 valence electrons. The number of aromatic nitrogens is 2. The summed E-state index contributed by atoms with van der Waals surface area (Å²) in [5, 5.41) is 13.4. The summed E-state index contributed by atoms with van der Waals surface area (Å²) in [6, 6.07) is 14.5. The number of anilines is 1. The van der Waals surface area contributed by atoms with Crippen molar-refractivity contribution < 1.29 is 18.7 Å². The van der Waals surface area contributed by atoms with Gasteiger partial charge < -0.3 is 15.4 Å². The monoisotopic (exact) mass is 386 g/mol. The second kappa shape index (κ2) is 8.86. The Morgan fingerprint density at radius 1 is 1.07 bits per heavy atom. The number of halogens is 1. The highest BCUT2D eigenvalue weighted by molar-refractivity contribution is 7.13. The fraction of sp³-hybridized carbons (Fsp3) is 0.111. The Bertz CT molecular complexity index is 933. The van der Waals surface area contributed by atoms with Crippen molar-refractivity contribution in [3.05, 3.63) is 70.4 Å². The van der Waals surface area contributed by atoms with Crippen molar-refractivity contribution in [1.82, 2.24) is 15.5 Å². The molecule has 1 aromatic heterocycles. The van der Waals surface area contributed by atoms with E-state index in [0.29, 0.717) is 16.4 Å². The number of nitrogens with zero attached hydrogens (tertiary/aromatic N) is 2. The van der Waals surface area contributed by atoms with Gasteiger partial charge in [-0.1, -0.05) is 35.6 Å². The maximum atomic E-state index is 13.1. The molecular weight excluding hydrogens is 371 g/mol. The van der Waals surface area contributed by atoms with E-state index in [0.717, 1.165) is 11.3 Å². The van der Waals surface area contributed by atoms with Crippen LogP contribution in [0.2, 0.25) is 0 Å². The van der Waals surface area contributed by atoms with Crippen molar-refractivity contribution in [1.29, 1.82) is 0 Å². The van der Waals surface area contributed by atoms with Gasteiger partial charge in [0.15, 0.2) is 6.61 Å². The standard InChI is InChI=1S/C18H15FN4O3S/c19-12-5-4-6-13(9-12)21-17(25)18-23-22-16(27-18)10-20-15(24)11-26-14-7-2-1-3-8-14/h1-9H,10-11H2,(H,20,24)(H,21,25). The van der Waals surface area contributed by atoms with Crippen LogP contribution in [-0.2, 0) is 11.3 Å². The summed E-state index contributed by atoms with van der Waals surface area (Å²) in [7, 11) is 0. The van der Waals surface area contributed by atoms with E-state index in [1.165, 1.54) is 18.2 Å². The van der Waals surface area contributed by atoms with Gasteiger partial charge in [0.2, 0.25) is 5.01 Å². The predicted octanol–water partition coefficient (Wildman–Crippen LogP) is 2.62. The van der Waals surface area contributed by atoms with Gasteiger partial charge in [0.1, 0.15) is 16.6 Å². The first-order chi connectivity index (χ1) is 13.1. The van der Waals surface area contributed by atoms with Crippen LogP contribution in [0.15, 0.2) is 54.6 Å². The summed E-state index contributed by atoms with van der Waals surface area (Å²) in [6.45, 7) is -0.00235. The summed E-state index contributed by atoms with van der Waals surface area (Å²) < 4.78 is 18.5. The molecule has 0 aliphatic carbocycles. The summed E-state index contributed by atoms with van der Waals surface area (Å²) in [6.07, 6.45) is 0. The van der Waals surface area contributed by atoms with Gasteiger partial charge in [-0.05, 0) is 30.3 Å². The third-order valence-corrected chi connectivity index (χ3v) is 4.22. The molecule has 2 aromatic carbocycles. The number of benzene rings is 2. The Morgan fingerprint density at radius 2 is 1.89 bits per heavy atom. The lowest BCUT2D eigenvalue weighted by Crippen LogP contribution is -2.28. The highest BCUT2D eigenvalue weighted by Crippen LogP contribution is 2.14. The van der Waals surface area contributed by atoms with Gasteiger partial charge in [-0.2, -0.15) is 0 Å². The highest BCUT2D eigenvalue weighted by Gasteiger charge is 2.14. The van der Waals surface area contributed by atoms with E-state index in [-0.39, 0.29) is 24.1 Å². The largest absolute Gasteiger partial charge is 0.484 e. The first kappa shape index (κ1) is 18.5. The molecule has 0 bridgehead atoms. The quantitative estimate of drug-likeness (QED) is 0.651. The van der Waals surface area contributed by atoms with Gasteiger partial charge in [0.05, 0.1) is 6.54 Å². The van der Waals surface area contributed by atoms with Crippen LogP contribution in [-0.4, -0.2) is 28.6 Å². The molecule has 0 fully saturated rings. The van der Waals surface area contributed by atoms with Crippen LogP contribution in [0.4, 0.5) is 10.1 Å². The van der Waals surface area contributed by atoms with Gasteiger partial charge in [0, 0.05) is 5.69 Å². The highest BCUT2D eigenvalue weighted by atomic mass is 32.1. The van der Waals surface area contributed by atoms with Crippen LogP contribution in [0.3, 0.4) is 0 Å². The number of hydrogen-bond acceptors (Lipinski definition) is 6. The molecule has 0 atom stereocenters. The summed E-state index contributed by atoms with van der Waals surface area (Å²) in [5.74, 6) is -0.672. The fourth-order valence-electron chi connectivity index (χ4n) is 2.06. The van der Waals surface area contributed by atoms with Gasteiger partial charge in [-0.25, -0.2) is 4.39 Å². The maximum absolute atomic E-state index is 13.1. The van der Waals surface area contributed by atoms with Crippen molar-refractivity contribution in [2.24, 2.45) is 0 Å². The minimum atomic E-state index is -0.497. The number of rotatable bonds is 7. The number of nitrogens with one attached hydrogen (secondary N) is 2. The first-order valence-corrected chi connectivity index (χ1v) is 8.75. The summed E-state index contributed by atoms with van der Waals surface area (Å²) >= 11 is 1.04. The van der Waals surface area contributed by atoms with E-state index >= 15 is 0 Å². The Kier molecular flexibility index (Phi) is 6.06. The zero-order valence-electron chi connectivity index (χ0n) is 14.0. The maximum Gasteiger partial charge on any atom is 0.286 e. The van der Waals surface area contributed by atoms with Crippen molar-refractivity contribution in [3.8, 4) is 5.75 Å². The van der Waals surface area contributed by atoms with Gasteiger partial charge in [-0.3, -0.25) is 9.59 Å². The summed E-state index contributed by atoms with van der Waals surface area (Å²) in [4.78, 5) is 23.9. The summed E-state index contributed by atoms with van der Waals surface area (Å²) in [5.41, 5.74) is 0.322. The second-order valence-corrected chi connectivity index (χ2v) is 6.41. The Labute approximate surface area is 158 Å². The molecule has 27 heavy (non-hydrogen) atoms. The molecule has 0 spiro atoms. The average molecular weight is 386 g/mol. The Balaban J connectivity index is 1.47. The molecule has 0 aliphatic heterocycles. The zero-order chi connectivity index (χ0) is 19.1. The number of hydrogen-bond donors (Lipinski definition) is 2. The van der Waals surface area contributed by atoms with Crippen LogP contribution in [0.1, 0.15) is 14.8 Å². The Morgan fingerprint density at radius 3 is 2.67 bits per heavy atom. The first-order valence-electron chi connectivity index (χ1n) is 7.94. The van der Waals surface area contributed by atoms with E-state index in [2.05, 4.69) is 20.8 Å². The number of carbonyl (C=O) groups is 2. The molecule has 9 heteroatoms. The lowest BCUT2D eigenvalue weighted by molar-refractivity contribution is -0.123. The van der Waals surface area contributed by atoms with Gasteiger partial charge in [-0.15, -0.1) is 10.2 Å². The van der Waals surface area contributed by atoms with Crippen molar-refractivity contribution in [2.75, 3.05) is 11.9 Å². The van der Waals surface area contributed by atoms with E-state index < -0.39 is 11.7 Å². The zero-order valence-corrected chi connectivity index (χ0v) is 14.8. The molecule has 2 amide bonds. The number of ether oxygens (including phenoxy) is 1. The van der Waals surface area contributed by atoms with Crippen molar-refractivity contribution >= 4 is 28.8 Å². The molecule has 0 unspecified atom stereocenters. The molecule has 3 rings (SSSR count). The number of amides is 2. The second-order valence-electron chi connectivity index (χ2n) is 5.34. The van der Waals surface area contributed by atoms with Crippen molar-refractivity contribution in [3.63, 3.8) is 0 Å². The molecule has 1 heterocycles. The number of para-hydroxylation sites is 1. The van der Waals surface area contributed by atoms with Crippen LogP contribution in [0, 0.1) is 5.82 Å². The van der Waals surface area contributed by atoms with Crippen LogP contribution in [0.25, 0.3) is 0 Å². The normalized spacial score (nSPS) is 10.3. The minimum absolute atomic E-state index is 0.115. The molecule has 3 aromatic rings. The molecular formula is C18H15FN4O3S. The van der Waals surface area contributed by atoms with E-state index in [4.69, 9.17) is 4.74 Å². The molecule has 7 nitrogen and oxygen atoms in total. The predicted molar refractivity (Wildman–Crippen MR) is 98.0 cm³/mol. The molecule has 0 radical (unpaired) electrons. The molecule has 0 aliphatic rings.